The molecule has 0 aliphatic carbocycles. The monoisotopic (exact) mass is 535 g/mol. The maximum atomic E-state index is 12.7. The molecule has 1 unspecified atom stereocenters. The minimum Gasteiger partial charge on any atom is -0.493 e. The lowest BCUT2D eigenvalue weighted by Crippen LogP contribution is -2.46. The second-order valence-corrected chi connectivity index (χ2v) is 8.82. The van der Waals surface area contributed by atoms with Gasteiger partial charge in [0.1, 0.15) is 12.6 Å². The number of benzene rings is 2. The van der Waals surface area contributed by atoms with Crippen LogP contribution < -0.4 is 20.2 Å². The van der Waals surface area contributed by atoms with Crippen molar-refractivity contribution in [2.75, 3.05) is 13.7 Å². The maximum absolute atomic E-state index is 12.7. The van der Waals surface area contributed by atoms with Crippen LogP contribution in [0, 0.1) is 5.92 Å². The van der Waals surface area contributed by atoms with Gasteiger partial charge in [-0.05, 0) is 70.2 Å². The molecule has 7 nitrogen and oxygen atoms in total. The minimum absolute atomic E-state index is 0.179. The molecule has 0 radical (unpaired) electrons. The van der Waals surface area contributed by atoms with Crippen LogP contribution in [-0.4, -0.2) is 37.8 Å². The number of methoxy groups -OCH3 is 1. The standard InChI is InChI=1S/C24H27BrClN3O4/c1-5-10-33-22-19(25)12-16(13-21(22)32-4)14-27-29-24(31)20(11-15(2)3)28-23(30)17-6-8-18(26)9-7-17/h5-9,12-15,20H,1,10-11H2,2-4H3,(H,28,30)(H,29,31). The van der Waals surface area contributed by atoms with Gasteiger partial charge in [0.25, 0.3) is 11.8 Å². The van der Waals surface area contributed by atoms with Crippen molar-refractivity contribution in [3.63, 3.8) is 0 Å². The summed E-state index contributed by atoms with van der Waals surface area (Å²) in [4.78, 5) is 25.3. The van der Waals surface area contributed by atoms with Crippen LogP contribution in [0.25, 0.3) is 0 Å². The zero-order valence-corrected chi connectivity index (χ0v) is 21.1. The van der Waals surface area contributed by atoms with Gasteiger partial charge < -0.3 is 14.8 Å². The van der Waals surface area contributed by atoms with Gasteiger partial charge in [0.2, 0.25) is 0 Å². The van der Waals surface area contributed by atoms with E-state index in [4.69, 9.17) is 21.1 Å². The number of hydrogen-bond acceptors (Lipinski definition) is 5. The molecule has 0 aromatic heterocycles. The van der Waals surface area contributed by atoms with E-state index in [1.807, 2.05) is 13.8 Å². The van der Waals surface area contributed by atoms with Crippen LogP contribution in [-0.2, 0) is 4.79 Å². The van der Waals surface area contributed by atoms with Crippen molar-refractivity contribution in [2.24, 2.45) is 11.0 Å². The number of amides is 2. The van der Waals surface area contributed by atoms with Crippen LogP contribution in [0.2, 0.25) is 5.02 Å². The van der Waals surface area contributed by atoms with E-state index in [0.29, 0.717) is 45.1 Å². The van der Waals surface area contributed by atoms with Gasteiger partial charge in [0.05, 0.1) is 17.8 Å². The van der Waals surface area contributed by atoms with E-state index in [0.717, 1.165) is 0 Å². The van der Waals surface area contributed by atoms with Gasteiger partial charge in [-0.3, -0.25) is 9.59 Å². The lowest BCUT2D eigenvalue weighted by molar-refractivity contribution is -0.123. The number of nitrogens with one attached hydrogen (secondary N) is 2. The van der Waals surface area contributed by atoms with Gasteiger partial charge in [-0.2, -0.15) is 5.10 Å². The number of ether oxygens (including phenoxy) is 2. The number of nitrogens with zero attached hydrogens (tertiary/aromatic N) is 1. The molecule has 0 saturated heterocycles. The summed E-state index contributed by atoms with van der Waals surface area (Å²) in [7, 11) is 1.53. The Labute approximate surface area is 207 Å². The van der Waals surface area contributed by atoms with Gasteiger partial charge in [-0.1, -0.05) is 38.1 Å². The average molecular weight is 537 g/mol. The van der Waals surface area contributed by atoms with Crippen LogP contribution in [0.15, 0.2) is 58.6 Å². The molecule has 0 aliphatic rings. The first-order chi connectivity index (χ1) is 15.7. The predicted molar refractivity (Wildman–Crippen MR) is 134 cm³/mol. The van der Waals surface area contributed by atoms with Crippen molar-refractivity contribution in [1.29, 1.82) is 0 Å². The fourth-order valence-electron chi connectivity index (χ4n) is 2.89. The summed E-state index contributed by atoms with van der Waals surface area (Å²) in [5, 5.41) is 7.34. The van der Waals surface area contributed by atoms with E-state index in [9.17, 15) is 9.59 Å². The molecule has 2 rings (SSSR count). The van der Waals surface area contributed by atoms with Gasteiger partial charge in [-0.25, -0.2) is 5.43 Å². The highest BCUT2D eigenvalue weighted by atomic mass is 79.9. The molecule has 1 atom stereocenters. The molecule has 2 aromatic rings. The molecule has 2 N–H and O–H groups in total. The molecule has 9 heteroatoms. The second-order valence-electron chi connectivity index (χ2n) is 7.53. The van der Waals surface area contributed by atoms with Crippen molar-refractivity contribution < 1.29 is 19.1 Å². The Kier molecular flexibility index (Phi) is 10.4. The topological polar surface area (TPSA) is 89.0 Å². The zero-order valence-electron chi connectivity index (χ0n) is 18.7. The SMILES string of the molecule is C=CCOc1c(Br)cc(C=NNC(=O)C(CC(C)C)NC(=O)c2ccc(Cl)cc2)cc1OC. The molecule has 0 bridgehead atoms. The number of hydrazone groups is 1. The third-order valence-corrected chi connectivity index (χ3v) is 5.26. The highest BCUT2D eigenvalue weighted by Crippen LogP contribution is 2.36. The van der Waals surface area contributed by atoms with Crippen LogP contribution in [0.5, 0.6) is 11.5 Å². The Bertz CT molecular complexity index is 1010. The third kappa shape index (κ3) is 8.22. The van der Waals surface area contributed by atoms with E-state index in [1.165, 1.54) is 13.3 Å². The maximum Gasteiger partial charge on any atom is 0.262 e. The number of carbonyl (C=O) groups excluding carboxylic acids is 2. The fourth-order valence-corrected chi connectivity index (χ4v) is 3.59. The van der Waals surface area contributed by atoms with Crippen molar-refractivity contribution in [3.05, 3.63) is 69.7 Å². The molecule has 33 heavy (non-hydrogen) atoms. The molecule has 2 amide bonds. The summed E-state index contributed by atoms with van der Waals surface area (Å²) < 4.78 is 11.6. The zero-order chi connectivity index (χ0) is 24.4. The highest BCUT2D eigenvalue weighted by molar-refractivity contribution is 9.10. The van der Waals surface area contributed by atoms with E-state index < -0.39 is 11.9 Å². The third-order valence-electron chi connectivity index (χ3n) is 4.42. The predicted octanol–water partition coefficient (Wildman–Crippen LogP) is 4.97. The Morgan fingerprint density at radius 3 is 2.55 bits per heavy atom. The molecular weight excluding hydrogens is 510 g/mol. The van der Waals surface area contributed by atoms with Crippen molar-refractivity contribution in [1.82, 2.24) is 10.7 Å². The summed E-state index contributed by atoms with van der Waals surface area (Å²) in [6.45, 7) is 7.90. The molecule has 0 aliphatic heterocycles. The van der Waals surface area contributed by atoms with Crippen molar-refractivity contribution in [2.45, 2.75) is 26.3 Å². The Balaban J connectivity index is 2.09. The van der Waals surface area contributed by atoms with E-state index >= 15 is 0 Å². The molecular formula is C24H27BrClN3O4. The van der Waals surface area contributed by atoms with E-state index in [2.05, 4.69) is 38.4 Å². The van der Waals surface area contributed by atoms with Gasteiger partial charge >= 0.3 is 0 Å². The number of hydrogen-bond donors (Lipinski definition) is 2. The summed E-state index contributed by atoms with van der Waals surface area (Å²) in [6, 6.07) is 9.22. The smallest absolute Gasteiger partial charge is 0.262 e. The van der Waals surface area contributed by atoms with Gasteiger partial charge in [0.15, 0.2) is 11.5 Å². The van der Waals surface area contributed by atoms with Gasteiger partial charge in [0, 0.05) is 10.6 Å². The lowest BCUT2D eigenvalue weighted by Gasteiger charge is -2.19. The molecule has 2 aromatic carbocycles. The Morgan fingerprint density at radius 2 is 1.94 bits per heavy atom. The normalized spacial score (nSPS) is 11.8. The van der Waals surface area contributed by atoms with Crippen LogP contribution >= 0.6 is 27.5 Å². The highest BCUT2D eigenvalue weighted by Gasteiger charge is 2.22. The van der Waals surface area contributed by atoms with Crippen LogP contribution in [0.1, 0.15) is 36.2 Å². The van der Waals surface area contributed by atoms with E-state index in [-0.39, 0.29) is 11.8 Å². The number of rotatable bonds is 11. The lowest BCUT2D eigenvalue weighted by atomic mass is 10.0. The first-order valence-corrected chi connectivity index (χ1v) is 11.4. The first kappa shape index (κ1) is 26.4. The first-order valence-electron chi connectivity index (χ1n) is 10.3. The fraction of sp³-hybridized carbons (Fsp3) is 0.292. The number of halogens is 2. The summed E-state index contributed by atoms with van der Waals surface area (Å²) in [6.07, 6.45) is 3.57. The number of carbonyl (C=O) groups is 2. The van der Waals surface area contributed by atoms with Crippen LogP contribution in [0.3, 0.4) is 0 Å². The molecule has 0 heterocycles. The van der Waals surface area contributed by atoms with Crippen molar-refractivity contribution in [3.8, 4) is 11.5 Å². The van der Waals surface area contributed by atoms with Crippen molar-refractivity contribution >= 4 is 45.6 Å². The van der Waals surface area contributed by atoms with E-state index in [1.54, 1.807) is 42.5 Å². The molecule has 176 valence electrons. The summed E-state index contributed by atoms with van der Waals surface area (Å²) >= 11 is 9.33. The largest absolute Gasteiger partial charge is 0.493 e. The second kappa shape index (κ2) is 13.0. The molecule has 0 spiro atoms. The molecule has 0 saturated carbocycles. The average Bonchev–Trinajstić information content (AvgIpc) is 2.77. The quantitative estimate of drug-likeness (QED) is 0.241. The summed E-state index contributed by atoms with van der Waals surface area (Å²) in [5.41, 5.74) is 3.60. The molecule has 0 fully saturated rings. The minimum atomic E-state index is -0.749. The van der Waals surface area contributed by atoms with Crippen LogP contribution in [0.4, 0.5) is 0 Å². The Hall–Kier alpha value is -2.84. The summed E-state index contributed by atoms with van der Waals surface area (Å²) in [5.74, 6) is 0.449. The Morgan fingerprint density at radius 1 is 1.24 bits per heavy atom. The van der Waals surface area contributed by atoms with Gasteiger partial charge in [-0.15, -0.1) is 0 Å².